The third-order valence-electron chi connectivity index (χ3n) is 2.91. The highest BCUT2D eigenvalue weighted by molar-refractivity contribution is 5.99. The van der Waals surface area contributed by atoms with Crippen LogP contribution in [0.4, 0.5) is 11.4 Å². The van der Waals surface area contributed by atoms with E-state index in [0.29, 0.717) is 17.3 Å². The minimum absolute atomic E-state index is 0.0164. The zero-order valence-electron chi connectivity index (χ0n) is 8.92. The number of Topliss-reactive ketones (excluding diaryl/α,β-unsaturated/α-hetero) is 1. The van der Waals surface area contributed by atoms with Crippen LogP contribution in [0.2, 0.25) is 0 Å². The van der Waals surface area contributed by atoms with Gasteiger partial charge in [-0.05, 0) is 44.4 Å². The highest BCUT2D eigenvalue weighted by Crippen LogP contribution is 2.25. The maximum Gasteiger partial charge on any atom is 0.161 e. The van der Waals surface area contributed by atoms with Crippen molar-refractivity contribution in [2.75, 3.05) is 11.1 Å². The van der Waals surface area contributed by atoms with E-state index in [1.165, 1.54) is 26.2 Å². The lowest BCUT2D eigenvalue weighted by molar-refractivity contribution is 0.101. The third-order valence-corrected chi connectivity index (χ3v) is 2.91. The standard InChI is InChI=1S/C12H16N2O/c1-8(15)11-6-5-10(7-12(11)13)14-9-3-2-4-9/h5-7,9,14H,2-4,13H2,1H3. The molecular weight excluding hydrogens is 188 g/mol. The number of hydrogen-bond donors (Lipinski definition) is 2. The summed E-state index contributed by atoms with van der Waals surface area (Å²) >= 11 is 0. The van der Waals surface area contributed by atoms with Crippen LogP contribution >= 0.6 is 0 Å². The number of carbonyl (C=O) groups is 1. The zero-order chi connectivity index (χ0) is 10.8. The Hall–Kier alpha value is -1.51. The van der Waals surface area contributed by atoms with E-state index in [0.717, 1.165) is 5.69 Å². The van der Waals surface area contributed by atoms with Crippen molar-refractivity contribution in [1.82, 2.24) is 0 Å². The van der Waals surface area contributed by atoms with E-state index in [9.17, 15) is 4.79 Å². The number of ketones is 1. The molecule has 1 fully saturated rings. The number of hydrogen-bond acceptors (Lipinski definition) is 3. The summed E-state index contributed by atoms with van der Waals surface area (Å²) in [5.41, 5.74) is 7.98. The Balaban J connectivity index is 2.13. The van der Waals surface area contributed by atoms with Gasteiger partial charge in [0.25, 0.3) is 0 Å². The molecule has 1 aliphatic rings. The van der Waals surface area contributed by atoms with E-state index in [4.69, 9.17) is 5.73 Å². The monoisotopic (exact) mass is 204 g/mol. The van der Waals surface area contributed by atoms with Crippen LogP contribution in [0.3, 0.4) is 0 Å². The lowest BCUT2D eigenvalue weighted by Gasteiger charge is -2.27. The molecule has 0 bridgehead atoms. The second kappa shape index (κ2) is 3.93. The topological polar surface area (TPSA) is 55.1 Å². The van der Waals surface area contributed by atoms with Crippen LogP contribution in [0.1, 0.15) is 36.5 Å². The molecule has 2 rings (SSSR count). The van der Waals surface area contributed by atoms with Gasteiger partial charge in [0, 0.05) is 23.0 Å². The van der Waals surface area contributed by atoms with E-state index in [1.54, 1.807) is 6.07 Å². The molecule has 1 aromatic rings. The quantitative estimate of drug-likeness (QED) is 0.587. The minimum atomic E-state index is 0.0164. The Labute approximate surface area is 89.7 Å². The average molecular weight is 204 g/mol. The summed E-state index contributed by atoms with van der Waals surface area (Å²) in [6.07, 6.45) is 3.77. The van der Waals surface area contributed by atoms with Crippen molar-refractivity contribution in [2.24, 2.45) is 0 Å². The number of anilines is 2. The summed E-state index contributed by atoms with van der Waals surface area (Å²) < 4.78 is 0. The van der Waals surface area contributed by atoms with Crippen LogP contribution in [0.5, 0.6) is 0 Å². The summed E-state index contributed by atoms with van der Waals surface area (Å²) in [4.78, 5) is 11.2. The fourth-order valence-corrected chi connectivity index (χ4v) is 1.76. The van der Waals surface area contributed by atoms with Gasteiger partial charge in [-0.2, -0.15) is 0 Å². The minimum Gasteiger partial charge on any atom is -0.398 e. The molecule has 0 spiro atoms. The molecule has 1 saturated carbocycles. The summed E-state index contributed by atoms with van der Waals surface area (Å²) in [5.74, 6) is 0.0164. The molecule has 0 atom stereocenters. The van der Waals surface area contributed by atoms with Crippen molar-refractivity contribution in [3.63, 3.8) is 0 Å². The molecule has 0 saturated heterocycles. The number of nitrogen functional groups attached to an aromatic ring is 1. The molecule has 1 aliphatic carbocycles. The zero-order valence-corrected chi connectivity index (χ0v) is 8.92. The molecule has 0 heterocycles. The lowest BCUT2D eigenvalue weighted by Crippen LogP contribution is -2.27. The summed E-state index contributed by atoms with van der Waals surface area (Å²) in [5, 5.41) is 3.39. The van der Waals surface area contributed by atoms with Crippen molar-refractivity contribution in [2.45, 2.75) is 32.2 Å². The second-order valence-corrected chi connectivity index (χ2v) is 4.13. The Morgan fingerprint density at radius 2 is 2.20 bits per heavy atom. The number of nitrogens with two attached hydrogens (primary N) is 1. The highest BCUT2D eigenvalue weighted by atomic mass is 16.1. The summed E-state index contributed by atoms with van der Waals surface area (Å²) in [6.45, 7) is 1.53. The Bertz CT molecular complexity index is 383. The Morgan fingerprint density at radius 3 is 2.67 bits per heavy atom. The van der Waals surface area contributed by atoms with Crippen LogP contribution in [0.15, 0.2) is 18.2 Å². The fraction of sp³-hybridized carbons (Fsp3) is 0.417. The van der Waals surface area contributed by atoms with Gasteiger partial charge >= 0.3 is 0 Å². The van der Waals surface area contributed by atoms with Crippen LogP contribution in [0.25, 0.3) is 0 Å². The number of benzene rings is 1. The number of carbonyl (C=O) groups excluding carboxylic acids is 1. The van der Waals surface area contributed by atoms with Crippen LogP contribution < -0.4 is 11.1 Å². The smallest absolute Gasteiger partial charge is 0.161 e. The van der Waals surface area contributed by atoms with Gasteiger partial charge in [-0.15, -0.1) is 0 Å². The van der Waals surface area contributed by atoms with Gasteiger partial charge in [-0.1, -0.05) is 0 Å². The molecule has 0 aliphatic heterocycles. The third kappa shape index (κ3) is 2.12. The molecule has 80 valence electrons. The fourth-order valence-electron chi connectivity index (χ4n) is 1.76. The maximum absolute atomic E-state index is 11.2. The highest BCUT2D eigenvalue weighted by Gasteiger charge is 2.17. The van der Waals surface area contributed by atoms with E-state index >= 15 is 0 Å². The normalized spacial score (nSPS) is 15.8. The Kier molecular flexibility index (Phi) is 2.62. The van der Waals surface area contributed by atoms with Gasteiger partial charge in [-0.3, -0.25) is 4.79 Å². The molecule has 0 aromatic heterocycles. The average Bonchev–Trinajstić information content (AvgIpc) is 2.11. The van der Waals surface area contributed by atoms with Crippen molar-refractivity contribution in [3.8, 4) is 0 Å². The predicted molar refractivity (Wildman–Crippen MR) is 62.1 cm³/mol. The van der Waals surface area contributed by atoms with Gasteiger partial charge in [0.1, 0.15) is 0 Å². The molecular formula is C12H16N2O. The van der Waals surface area contributed by atoms with Crippen molar-refractivity contribution in [3.05, 3.63) is 23.8 Å². The van der Waals surface area contributed by atoms with Gasteiger partial charge in [0.05, 0.1) is 0 Å². The molecule has 3 heteroatoms. The predicted octanol–water partition coefficient (Wildman–Crippen LogP) is 2.44. The summed E-state index contributed by atoms with van der Waals surface area (Å²) in [6, 6.07) is 6.15. The number of rotatable bonds is 3. The molecule has 0 amide bonds. The van der Waals surface area contributed by atoms with Crippen molar-refractivity contribution in [1.29, 1.82) is 0 Å². The van der Waals surface area contributed by atoms with Crippen LogP contribution in [-0.2, 0) is 0 Å². The van der Waals surface area contributed by atoms with Gasteiger partial charge in [0.2, 0.25) is 0 Å². The Morgan fingerprint density at radius 1 is 1.47 bits per heavy atom. The maximum atomic E-state index is 11.2. The molecule has 3 nitrogen and oxygen atoms in total. The van der Waals surface area contributed by atoms with E-state index in [1.807, 2.05) is 12.1 Å². The first kappa shape index (κ1) is 10.0. The van der Waals surface area contributed by atoms with Crippen molar-refractivity contribution < 1.29 is 4.79 Å². The SMILES string of the molecule is CC(=O)c1ccc(NC2CCC2)cc1N. The second-order valence-electron chi connectivity index (χ2n) is 4.13. The first-order chi connectivity index (χ1) is 7.16. The van der Waals surface area contributed by atoms with Gasteiger partial charge in [0.15, 0.2) is 5.78 Å². The molecule has 15 heavy (non-hydrogen) atoms. The molecule has 3 N–H and O–H groups in total. The lowest BCUT2D eigenvalue weighted by atomic mass is 9.93. The van der Waals surface area contributed by atoms with Crippen LogP contribution in [0, 0.1) is 0 Å². The van der Waals surface area contributed by atoms with Crippen LogP contribution in [-0.4, -0.2) is 11.8 Å². The van der Waals surface area contributed by atoms with E-state index in [-0.39, 0.29) is 5.78 Å². The molecule has 1 aromatic carbocycles. The largest absolute Gasteiger partial charge is 0.398 e. The molecule has 0 radical (unpaired) electrons. The number of nitrogens with one attached hydrogen (secondary N) is 1. The molecule has 0 unspecified atom stereocenters. The first-order valence-corrected chi connectivity index (χ1v) is 5.34. The van der Waals surface area contributed by atoms with E-state index in [2.05, 4.69) is 5.32 Å². The van der Waals surface area contributed by atoms with Crippen molar-refractivity contribution >= 4 is 17.2 Å². The summed E-state index contributed by atoms with van der Waals surface area (Å²) in [7, 11) is 0. The van der Waals surface area contributed by atoms with Gasteiger partial charge in [-0.25, -0.2) is 0 Å². The van der Waals surface area contributed by atoms with E-state index < -0.39 is 0 Å². The van der Waals surface area contributed by atoms with Gasteiger partial charge < -0.3 is 11.1 Å². The first-order valence-electron chi connectivity index (χ1n) is 5.34.